The molecule has 0 amide bonds. The second kappa shape index (κ2) is 6.11. The van der Waals surface area contributed by atoms with Crippen molar-refractivity contribution in [1.29, 1.82) is 0 Å². The maximum atomic E-state index is 4.24. The Morgan fingerprint density at radius 1 is 0.810 bits per heavy atom. The minimum absolute atomic E-state index is 0.948. The predicted molar refractivity (Wildman–Crippen MR) is 95.6 cm³/mol. The first-order chi connectivity index (χ1) is 10.2. The predicted octanol–water partition coefficient (Wildman–Crippen LogP) is 6.41. The van der Waals surface area contributed by atoms with E-state index in [0.717, 1.165) is 12.8 Å². The Hall–Kier alpha value is -2.12. The smallest absolute Gasteiger partial charge is 0.0343 e. The van der Waals surface area contributed by atoms with E-state index in [2.05, 4.69) is 67.1 Å². The highest BCUT2D eigenvalue weighted by Gasteiger charge is 2.04. The molecule has 1 aromatic heterocycles. The SMILES string of the molecule is C=C(CCC(=C)c1ccc2sccc2c1)c1ccccc1. The van der Waals surface area contributed by atoms with Crippen molar-refractivity contribution in [1.82, 2.24) is 0 Å². The molecule has 0 aliphatic rings. The Kier molecular flexibility index (Phi) is 4.03. The van der Waals surface area contributed by atoms with Gasteiger partial charge in [0.15, 0.2) is 0 Å². The van der Waals surface area contributed by atoms with Crippen molar-refractivity contribution >= 4 is 32.6 Å². The minimum atomic E-state index is 0.948. The van der Waals surface area contributed by atoms with Crippen LogP contribution in [0.4, 0.5) is 0 Å². The van der Waals surface area contributed by atoms with Gasteiger partial charge in [-0.15, -0.1) is 11.3 Å². The lowest BCUT2D eigenvalue weighted by molar-refractivity contribution is 1.09. The van der Waals surface area contributed by atoms with Crippen molar-refractivity contribution in [2.24, 2.45) is 0 Å². The molecule has 0 bridgehead atoms. The fraction of sp³-hybridized carbons (Fsp3) is 0.100. The molecule has 0 aliphatic carbocycles. The molecule has 0 saturated heterocycles. The third-order valence-electron chi connectivity index (χ3n) is 3.77. The summed E-state index contributed by atoms with van der Waals surface area (Å²) in [5.41, 5.74) is 4.81. The van der Waals surface area contributed by atoms with Gasteiger partial charge in [-0.1, -0.05) is 49.6 Å². The standard InChI is InChI=1S/C20H18S/c1-15(17-6-4-3-5-7-17)8-9-16(2)18-10-11-20-19(14-18)12-13-21-20/h3-7,10-14H,1-2,8-9H2. The van der Waals surface area contributed by atoms with Crippen LogP contribution in [0.1, 0.15) is 24.0 Å². The highest BCUT2D eigenvalue weighted by molar-refractivity contribution is 7.17. The number of rotatable bonds is 5. The largest absolute Gasteiger partial charge is 0.144 e. The lowest BCUT2D eigenvalue weighted by Gasteiger charge is -2.09. The Morgan fingerprint density at radius 3 is 2.29 bits per heavy atom. The van der Waals surface area contributed by atoms with Crippen LogP contribution < -0.4 is 0 Å². The Balaban J connectivity index is 1.67. The maximum absolute atomic E-state index is 4.24. The summed E-state index contributed by atoms with van der Waals surface area (Å²) in [5, 5.41) is 3.44. The summed E-state index contributed by atoms with van der Waals surface area (Å²) in [6.45, 7) is 8.44. The summed E-state index contributed by atoms with van der Waals surface area (Å²) in [4.78, 5) is 0. The molecule has 21 heavy (non-hydrogen) atoms. The molecule has 1 heterocycles. The van der Waals surface area contributed by atoms with E-state index in [0.29, 0.717) is 0 Å². The second-order valence-electron chi connectivity index (χ2n) is 5.25. The number of allylic oxidation sites excluding steroid dienone is 2. The summed E-state index contributed by atoms with van der Waals surface area (Å²) in [5.74, 6) is 0. The average Bonchev–Trinajstić information content (AvgIpc) is 3.00. The van der Waals surface area contributed by atoms with Crippen LogP contribution in [0.15, 0.2) is 73.1 Å². The molecule has 104 valence electrons. The van der Waals surface area contributed by atoms with E-state index in [1.165, 1.54) is 32.4 Å². The minimum Gasteiger partial charge on any atom is -0.144 e. The van der Waals surface area contributed by atoms with Crippen molar-refractivity contribution in [3.05, 3.63) is 84.3 Å². The fourth-order valence-corrected chi connectivity index (χ4v) is 3.22. The summed E-state index contributed by atoms with van der Waals surface area (Å²) >= 11 is 1.78. The molecular weight excluding hydrogens is 272 g/mol. The van der Waals surface area contributed by atoms with Gasteiger partial charge in [0.2, 0.25) is 0 Å². The van der Waals surface area contributed by atoms with E-state index in [1.807, 2.05) is 6.07 Å². The van der Waals surface area contributed by atoms with Gasteiger partial charge < -0.3 is 0 Å². The van der Waals surface area contributed by atoms with E-state index in [-0.39, 0.29) is 0 Å². The number of hydrogen-bond acceptors (Lipinski definition) is 1. The van der Waals surface area contributed by atoms with E-state index in [9.17, 15) is 0 Å². The zero-order valence-electron chi connectivity index (χ0n) is 12.0. The van der Waals surface area contributed by atoms with Gasteiger partial charge in [0.1, 0.15) is 0 Å². The van der Waals surface area contributed by atoms with Crippen LogP contribution in [0.2, 0.25) is 0 Å². The fourth-order valence-electron chi connectivity index (χ4n) is 2.45. The van der Waals surface area contributed by atoms with Gasteiger partial charge in [-0.2, -0.15) is 0 Å². The van der Waals surface area contributed by atoms with Crippen LogP contribution in [-0.4, -0.2) is 0 Å². The Morgan fingerprint density at radius 2 is 1.52 bits per heavy atom. The molecule has 0 atom stereocenters. The monoisotopic (exact) mass is 290 g/mol. The van der Waals surface area contributed by atoms with Gasteiger partial charge in [0.25, 0.3) is 0 Å². The first kappa shape index (κ1) is 13.8. The summed E-state index contributed by atoms with van der Waals surface area (Å²) < 4.78 is 1.33. The number of hydrogen-bond donors (Lipinski definition) is 0. The molecular formula is C20H18S. The summed E-state index contributed by atoms with van der Waals surface area (Å²) in [7, 11) is 0. The van der Waals surface area contributed by atoms with E-state index >= 15 is 0 Å². The second-order valence-corrected chi connectivity index (χ2v) is 6.19. The van der Waals surface area contributed by atoms with Gasteiger partial charge in [0, 0.05) is 4.70 Å². The van der Waals surface area contributed by atoms with Crippen molar-refractivity contribution in [2.75, 3.05) is 0 Å². The highest BCUT2D eigenvalue weighted by Crippen LogP contribution is 2.28. The molecule has 0 aliphatic heterocycles. The normalized spacial score (nSPS) is 10.7. The van der Waals surface area contributed by atoms with Crippen molar-refractivity contribution in [3.63, 3.8) is 0 Å². The topological polar surface area (TPSA) is 0 Å². The van der Waals surface area contributed by atoms with Gasteiger partial charge >= 0.3 is 0 Å². The molecule has 2 aromatic carbocycles. The quantitative estimate of drug-likeness (QED) is 0.509. The first-order valence-electron chi connectivity index (χ1n) is 7.12. The average molecular weight is 290 g/mol. The molecule has 0 N–H and O–H groups in total. The molecule has 1 heteroatoms. The van der Waals surface area contributed by atoms with Crippen LogP contribution in [-0.2, 0) is 0 Å². The third kappa shape index (κ3) is 3.14. The van der Waals surface area contributed by atoms with Gasteiger partial charge in [-0.25, -0.2) is 0 Å². The van der Waals surface area contributed by atoms with E-state index in [4.69, 9.17) is 0 Å². The molecule has 0 saturated carbocycles. The van der Waals surface area contributed by atoms with Crippen molar-refractivity contribution < 1.29 is 0 Å². The molecule has 0 fully saturated rings. The zero-order valence-corrected chi connectivity index (χ0v) is 12.8. The number of thiophene rings is 1. The third-order valence-corrected chi connectivity index (χ3v) is 4.67. The Bertz CT molecular complexity index is 778. The molecule has 0 unspecified atom stereocenters. The van der Waals surface area contributed by atoms with Crippen molar-refractivity contribution in [3.8, 4) is 0 Å². The number of benzene rings is 2. The molecule has 3 aromatic rings. The lowest BCUT2D eigenvalue weighted by Crippen LogP contribution is -1.87. The van der Waals surface area contributed by atoms with Crippen LogP contribution >= 0.6 is 11.3 Å². The molecule has 3 rings (SSSR count). The lowest BCUT2D eigenvalue weighted by atomic mass is 9.96. The van der Waals surface area contributed by atoms with Crippen molar-refractivity contribution in [2.45, 2.75) is 12.8 Å². The van der Waals surface area contributed by atoms with Gasteiger partial charge in [-0.3, -0.25) is 0 Å². The van der Waals surface area contributed by atoms with E-state index < -0.39 is 0 Å². The molecule has 0 nitrogen and oxygen atoms in total. The van der Waals surface area contributed by atoms with Gasteiger partial charge in [-0.05, 0) is 64.1 Å². The highest BCUT2D eigenvalue weighted by atomic mass is 32.1. The van der Waals surface area contributed by atoms with Gasteiger partial charge in [0.05, 0.1) is 0 Å². The van der Waals surface area contributed by atoms with Crippen LogP contribution in [0.3, 0.4) is 0 Å². The summed E-state index contributed by atoms with van der Waals surface area (Å²) in [6.07, 6.45) is 1.90. The van der Waals surface area contributed by atoms with E-state index in [1.54, 1.807) is 11.3 Å². The Labute approximate surface area is 130 Å². The first-order valence-corrected chi connectivity index (χ1v) is 8.00. The summed E-state index contributed by atoms with van der Waals surface area (Å²) in [6, 6.07) is 19.1. The maximum Gasteiger partial charge on any atom is 0.0343 e. The number of fused-ring (bicyclic) bond motifs is 1. The zero-order chi connectivity index (χ0) is 14.7. The van der Waals surface area contributed by atoms with Crippen LogP contribution in [0, 0.1) is 0 Å². The molecule has 0 radical (unpaired) electrons. The van der Waals surface area contributed by atoms with Crippen LogP contribution in [0.25, 0.3) is 21.2 Å². The molecule has 0 spiro atoms. The van der Waals surface area contributed by atoms with Crippen LogP contribution in [0.5, 0.6) is 0 Å².